The number of carbonyl (C=O) groups excluding carboxylic acids is 1. The Bertz CT molecular complexity index is 465. The van der Waals surface area contributed by atoms with E-state index in [9.17, 15) is 9.90 Å². The van der Waals surface area contributed by atoms with E-state index in [1.807, 2.05) is 30.3 Å². The monoisotopic (exact) mass is 248 g/mol. The molecule has 94 valence electrons. The van der Waals surface area contributed by atoms with Crippen LogP contribution in [0, 0.1) is 5.39 Å². The summed E-state index contributed by atoms with van der Waals surface area (Å²) in [5, 5.41) is 20.1. The number of hydrogen-bond acceptors (Lipinski definition) is 5. The Morgan fingerprint density at radius 1 is 1.56 bits per heavy atom. The van der Waals surface area contributed by atoms with Crippen molar-refractivity contribution in [3.63, 3.8) is 0 Å². The molecule has 0 aromatic heterocycles. The molecule has 1 aromatic carbocycles. The fourth-order valence-electron chi connectivity index (χ4n) is 1.46. The molecule has 0 fully saturated rings. The van der Waals surface area contributed by atoms with Crippen molar-refractivity contribution in [2.75, 3.05) is 7.11 Å². The van der Waals surface area contributed by atoms with Gasteiger partial charge in [-0.1, -0.05) is 30.3 Å². The van der Waals surface area contributed by atoms with E-state index >= 15 is 0 Å². The average Bonchev–Trinajstić information content (AvgIpc) is 2.38. The topological polar surface area (TPSA) is 86.7 Å². The van der Waals surface area contributed by atoms with Crippen molar-refractivity contribution in [1.29, 1.82) is 5.39 Å². The lowest BCUT2D eigenvalue weighted by molar-refractivity contribution is -0.143. The molecule has 1 aromatic rings. The second-order valence-corrected chi connectivity index (χ2v) is 3.54. The lowest BCUT2D eigenvalue weighted by atomic mass is 10.1. The zero-order valence-corrected chi connectivity index (χ0v) is 9.91. The number of nitrogens with zero attached hydrogens (tertiary/aromatic N) is 2. The van der Waals surface area contributed by atoms with E-state index < -0.39 is 17.9 Å². The molecule has 1 rings (SSSR count). The van der Waals surface area contributed by atoms with Gasteiger partial charge in [0.05, 0.1) is 7.11 Å². The molecule has 0 aliphatic rings. The fraction of sp³-hybridized carbons (Fsp3) is 0.250. The van der Waals surface area contributed by atoms with Crippen LogP contribution in [0.1, 0.15) is 5.56 Å². The van der Waals surface area contributed by atoms with Crippen molar-refractivity contribution in [1.82, 2.24) is 5.32 Å². The van der Waals surface area contributed by atoms with Crippen molar-refractivity contribution in [2.45, 2.75) is 12.5 Å². The molecule has 0 saturated heterocycles. The number of diazo groups is 1. The molecule has 0 aliphatic heterocycles. The summed E-state index contributed by atoms with van der Waals surface area (Å²) < 4.78 is 4.63. The third kappa shape index (κ3) is 4.14. The minimum absolute atomic E-state index is 0.344. The second-order valence-electron chi connectivity index (χ2n) is 3.54. The number of esters is 1. The van der Waals surface area contributed by atoms with Crippen LogP contribution < -0.4 is 5.32 Å². The highest BCUT2D eigenvalue weighted by Crippen LogP contribution is 2.05. The van der Waals surface area contributed by atoms with Gasteiger partial charge in [-0.2, -0.15) is 0 Å². The Kier molecular flexibility index (Phi) is 5.19. The number of hydrogen-bond donors (Lipinski definition) is 2. The zero-order chi connectivity index (χ0) is 13.4. The Morgan fingerprint density at radius 3 is 2.78 bits per heavy atom. The van der Waals surface area contributed by atoms with Gasteiger partial charge in [0.15, 0.2) is 4.98 Å². The minimum Gasteiger partial charge on any atom is -0.490 e. The predicted molar refractivity (Wildman–Crippen MR) is 64.9 cm³/mol. The molecular formula is C12H14N3O3+. The first-order chi connectivity index (χ1) is 8.67. The molecule has 0 heterocycles. The normalized spacial score (nSPS) is 12.3. The van der Waals surface area contributed by atoms with Gasteiger partial charge in [0.2, 0.25) is 5.39 Å². The number of methoxy groups -OCH3 is 1. The van der Waals surface area contributed by atoms with Crippen LogP contribution in [0.3, 0.4) is 0 Å². The Morgan fingerprint density at radius 2 is 2.22 bits per heavy atom. The largest absolute Gasteiger partial charge is 0.490 e. The molecule has 2 N–H and O–H groups in total. The molecule has 0 radical (unpaired) electrons. The van der Waals surface area contributed by atoms with E-state index in [4.69, 9.17) is 5.39 Å². The number of aliphatic hydroxyl groups is 1. The summed E-state index contributed by atoms with van der Waals surface area (Å²) in [5.74, 6) is -0.930. The van der Waals surface area contributed by atoms with Crippen molar-refractivity contribution < 1.29 is 14.6 Å². The lowest BCUT2D eigenvalue weighted by Gasteiger charge is -2.15. The van der Waals surface area contributed by atoms with Crippen molar-refractivity contribution in [3.8, 4) is 0 Å². The molecule has 1 atom stereocenters. The van der Waals surface area contributed by atoms with Crippen LogP contribution >= 0.6 is 0 Å². The van der Waals surface area contributed by atoms with Crippen molar-refractivity contribution in [2.24, 2.45) is 0 Å². The number of nitrogens with one attached hydrogen (secondary N) is 1. The molecule has 18 heavy (non-hydrogen) atoms. The third-order valence-electron chi connectivity index (χ3n) is 2.27. The van der Waals surface area contributed by atoms with Gasteiger partial charge in [0.25, 0.3) is 5.88 Å². The molecule has 0 spiro atoms. The van der Waals surface area contributed by atoms with E-state index in [-0.39, 0.29) is 0 Å². The Labute approximate surface area is 105 Å². The number of aliphatic hydroxyl groups excluding tert-OH is 1. The highest BCUT2D eigenvalue weighted by Gasteiger charge is 2.21. The SMILES string of the molecule is COC(=O)[C@H](Cc1ccccc1)N/C(O)=C/[N+]#N. The van der Waals surface area contributed by atoms with Crippen LogP contribution in [0.15, 0.2) is 42.4 Å². The van der Waals surface area contributed by atoms with Crippen LogP contribution in [0.2, 0.25) is 0 Å². The van der Waals surface area contributed by atoms with Crippen molar-refractivity contribution >= 4 is 5.97 Å². The summed E-state index contributed by atoms with van der Waals surface area (Å²) in [4.78, 5) is 14.2. The number of ether oxygens (including phenoxy) is 1. The molecule has 0 unspecified atom stereocenters. The molecule has 0 saturated carbocycles. The Hall–Kier alpha value is -2.55. The van der Waals surface area contributed by atoms with Crippen LogP contribution in [-0.2, 0) is 16.0 Å². The molecule has 0 amide bonds. The fourth-order valence-corrected chi connectivity index (χ4v) is 1.46. The van der Waals surface area contributed by atoms with E-state index in [0.29, 0.717) is 6.42 Å². The number of rotatable bonds is 5. The summed E-state index contributed by atoms with van der Waals surface area (Å²) in [7, 11) is 1.26. The highest BCUT2D eigenvalue weighted by molar-refractivity contribution is 5.76. The second kappa shape index (κ2) is 6.91. The van der Waals surface area contributed by atoms with Crippen LogP contribution in [0.25, 0.3) is 4.98 Å². The summed E-state index contributed by atoms with van der Waals surface area (Å²) >= 11 is 0. The van der Waals surface area contributed by atoms with Gasteiger partial charge < -0.3 is 15.2 Å². The maximum atomic E-state index is 11.5. The molecule has 6 heteroatoms. The van der Waals surface area contributed by atoms with E-state index in [2.05, 4.69) is 15.0 Å². The highest BCUT2D eigenvalue weighted by atomic mass is 16.5. The summed E-state index contributed by atoms with van der Waals surface area (Å²) in [6.07, 6.45) is 1.14. The van der Waals surface area contributed by atoms with Gasteiger partial charge in [-0.15, -0.1) is 0 Å². The molecule has 0 aliphatic carbocycles. The maximum absolute atomic E-state index is 11.5. The smallest absolute Gasteiger partial charge is 0.409 e. The lowest BCUT2D eigenvalue weighted by Crippen LogP contribution is -2.38. The van der Waals surface area contributed by atoms with E-state index in [0.717, 1.165) is 11.8 Å². The molecular weight excluding hydrogens is 234 g/mol. The molecule has 6 nitrogen and oxygen atoms in total. The first-order valence-electron chi connectivity index (χ1n) is 5.29. The molecule has 0 bridgehead atoms. The first kappa shape index (κ1) is 13.5. The van der Waals surface area contributed by atoms with Gasteiger partial charge >= 0.3 is 12.2 Å². The van der Waals surface area contributed by atoms with E-state index in [1.165, 1.54) is 7.11 Å². The van der Waals surface area contributed by atoms with Crippen LogP contribution in [0.5, 0.6) is 0 Å². The number of carbonyl (C=O) groups is 1. The van der Waals surface area contributed by atoms with Gasteiger partial charge in [-0.25, -0.2) is 4.79 Å². The van der Waals surface area contributed by atoms with Gasteiger partial charge in [0.1, 0.15) is 6.04 Å². The third-order valence-corrected chi connectivity index (χ3v) is 2.27. The summed E-state index contributed by atoms with van der Waals surface area (Å²) in [5.41, 5.74) is 0.911. The Balaban J connectivity index is 2.77. The first-order valence-corrected chi connectivity index (χ1v) is 5.29. The maximum Gasteiger partial charge on any atom is 0.409 e. The predicted octanol–water partition coefficient (Wildman–Crippen LogP) is 1.57. The summed E-state index contributed by atoms with van der Waals surface area (Å²) in [6.45, 7) is 0. The average molecular weight is 248 g/mol. The van der Waals surface area contributed by atoms with Crippen LogP contribution in [0.4, 0.5) is 0 Å². The quantitative estimate of drug-likeness (QED) is 0.469. The standard InChI is InChI=1S/C12H13N3O3/c1-18-12(17)10(15-11(16)8-14-13)7-9-5-3-2-4-6-9/h2-6,8,10,15H,7H2,1H3/p+1/b11-8-/t10-/m0/s1. The van der Waals surface area contributed by atoms with Gasteiger partial charge in [-0.3, -0.25) is 0 Å². The zero-order valence-electron chi connectivity index (χ0n) is 9.91. The van der Waals surface area contributed by atoms with Crippen LogP contribution in [-0.4, -0.2) is 24.2 Å². The summed E-state index contributed by atoms with van der Waals surface area (Å²) in [6, 6.07) is 8.52. The number of benzene rings is 1. The van der Waals surface area contributed by atoms with Gasteiger partial charge in [0, 0.05) is 6.42 Å². The van der Waals surface area contributed by atoms with Crippen molar-refractivity contribution in [3.05, 3.63) is 53.0 Å². The van der Waals surface area contributed by atoms with Gasteiger partial charge in [-0.05, 0) is 5.56 Å². The van der Waals surface area contributed by atoms with E-state index in [1.54, 1.807) is 0 Å². The minimum atomic E-state index is -0.754.